The Balaban J connectivity index is 1.69. The van der Waals surface area contributed by atoms with Crippen molar-refractivity contribution < 1.29 is 4.79 Å². The summed E-state index contributed by atoms with van der Waals surface area (Å²) in [5.41, 5.74) is 0. The fraction of sp³-hybridized carbons (Fsp3) is 0.923. The molecule has 1 aliphatic carbocycles. The van der Waals surface area contributed by atoms with E-state index in [1.54, 1.807) is 0 Å². The first-order chi connectivity index (χ1) is 7.75. The van der Waals surface area contributed by atoms with Gasteiger partial charge in [0, 0.05) is 32.0 Å². The molecule has 16 heavy (non-hydrogen) atoms. The molecule has 92 valence electrons. The summed E-state index contributed by atoms with van der Waals surface area (Å²) in [6.45, 7) is 4.86. The minimum Gasteiger partial charge on any atom is -0.302 e. The Bertz CT molecular complexity index is 236. The maximum Gasteiger partial charge on any atom is 0.134 e. The van der Waals surface area contributed by atoms with Crippen LogP contribution in [0, 0.1) is 0 Å². The minimum atomic E-state index is 0.462. The predicted molar refractivity (Wildman–Crippen MR) is 65.6 cm³/mol. The maximum atomic E-state index is 11.4. The number of likely N-dealkylation sites (N-methyl/N-ethyl adjacent to an activating group) is 1. The average Bonchev–Trinajstić information content (AvgIpc) is 2.78. The van der Waals surface area contributed by atoms with Crippen LogP contribution in [-0.4, -0.2) is 54.9 Å². The monoisotopic (exact) mass is 224 g/mol. The highest BCUT2D eigenvalue weighted by Crippen LogP contribution is 2.19. The van der Waals surface area contributed by atoms with Gasteiger partial charge in [-0.2, -0.15) is 0 Å². The van der Waals surface area contributed by atoms with Gasteiger partial charge in [0.2, 0.25) is 0 Å². The molecule has 1 heterocycles. The lowest BCUT2D eigenvalue weighted by Gasteiger charge is -2.31. The van der Waals surface area contributed by atoms with Gasteiger partial charge in [0.05, 0.1) is 0 Å². The third-order valence-corrected chi connectivity index (χ3v) is 4.05. The molecule has 2 aliphatic rings. The van der Waals surface area contributed by atoms with Crippen LogP contribution in [0.3, 0.4) is 0 Å². The Morgan fingerprint density at radius 2 is 2.06 bits per heavy atom. The largest absolute Gasteiger partial charge is 0.302 e. The second-order valence-corrected chi connectivity index (χ2v) is 5.32. The molecule has 0 aromatic rings. The number of carbonyl (C=O) groups excluding carboxylic acids is 1. The molecular weight excluding hydrogens is 200 g/mol. The van der Waals surface area contributed by atoms with E-state index in [2.05, 4.69) is 16.8 Å². The van der Waals surface area contributed by atoms with Crippen molar-refractivity contribution in [3.8, 4) is 0 Å². The van der Waals surface area contributed by atoms with Gasteiger partial charge < -0.3 is 9.80 Å². The lowest BCUT2D eigenvalue weighted by Crippen LogP contribution is -2.40. The number of rotatable bonds is 4. The van der Waals surface area contributed by atoms with E-state index < -0.39 is 0 Å². The number of Topliss-reactive ketones (excluding diaryl/α,β-unsaturated/α-hetero) is 1. The van der Waals surface area contributed by atoms with E-state index >= 15 is 0 Å². The summed E-state index contributed by atoms with van der Waals surface area (Å²) < 4.78 is 0. The summed E-state index contributed by atoms with van der Waals surface area (Å²) in [5, 5.41) is 0. The molecule has 1 atom stereocenters. The zero-order valence-corrected chi connectivity index (χ0v) is 10.5. The second kappa shape index (κ2) is 5.78. The van der Waals surface area contributed by atoms with Crippen LogP contribution >= 0.6 is 0 Å². The number of hydrogen-bond donors (Lipinski definition) is 0. The first-order valence-corrected chi connectivity index (χ1v) is 6.70. The Labute approximate surface area is 98.8 Å². The van der Waals surface area contributed by atoms with Crippen molar-refractivity contribution in [1.29, 1.82) is 0 Å². The molecule has 1 aliphatic heterocycles. The van der Waals surface area contributed by atoms with Gasteiger partial charge in [0.1, 0.15) is 5.78 Å². The van der Waals surface area contributed by atoms with Gasteiger partial charge in [0.15, 0.2) is 0 Å². The normalized spacial score (nSPS) is 27.9. The molecule has 1 unspecified atom stereocenters. The van der Waals surface area contributed by atoms with Crippen LogP contribution in [0.1, 0.15) is 38.5 Å². The molecule has 0 N–H and O–H groups in total. The van der Waals surface area contributed by atoms with Crippen LogP contribution in [0.25, 0.3) is 0 Å². The average molecular weight is 224 g/mol. The molecule has 0 radical (unpaired) electrons. The van der Waals surface area contributed by atoms with Gasteiger partial charge in [-0.05, 0) is 45.8 Å². The number of likely N-dealkylation sites (tertiary alicyclic amines) is 1. The highest BCUT2D eigenvalue weighted by molar-refractivity contribution is 5.79. The topological polar surface area (TPSA) is 23.6 Å². The Morgan fingerprint density at radius 1 is 1.31 bits per heavy atom. The molecule has 3 heteroatoms. The Morgan fingerprint density at radius 3 is 2.75 bits per heavy atom. The number of carbonyl (C=O) groups is 1. The first-order valence-electron chi connectivity index (χ1n) is 6.70. The predicted octanol–water partition coefficient (Wildman–Crippen LogP) is 1.53. The van der Waals surface area contributed by atoms with Crippen LogP contribution in [0.4, 0.5) is 0 Å². The molecule has 0 bridgehead atoms. The van der Waals surface area contributed by atoms with Crippen LogP contribution in [0.15, 0.2) is 0 Å². The standard InChI is InChI=1S/C13H24N2O/c1-14(9-10-15-7-2-3-8-15)12-5-4-6-13(16)11-12/h12H,2-11H2,1H3. The van der Waals surface area contributed by atoms with Crippen LogP contribution in [-0.2, 0) is 4.79 Å². The minimum absolute atomic E-state index is 0.462. The Kier molecular flexibility index (Phi) is 4.36. The summed E-state index contributed by atoms with van der Waals surface area (Å²) in [7, 11) is 2.18. The van der Waals surface area contributed by atoms with E-state index in [1.165, 1.54) is 38.9 Å². The quantitative estimate of drug-likeness (QED) is 0.723. The molecule has 1 saturated carbocycles. The molecule has 0 amide bonds. The SMILES string of the molecule is CN(CCN1CCCC1)C1CCCC(=O)C1. The van der Waals surface area contributed by atoms with Crippen molar-refractivity contribution in [2.45, 2.75) is 44.6 Å². The number of nitrogens with zero attached hydrogens (tertiary/aromatic N) is 2. The molecule has 2 fully saturated rings. The molecule has 3 nitrogen and oxygen atoms in total. The first kappa shape index (κ1) is 12.1. The Hall–Kier alpha value is -0.410. The smallest absolute Gasteiger partial charge is 0.134 e. The highest BCUT2D eigenvalue weighted by Gasteiger charge is 2.23. The van der Waals surface area contributed by atoms with Gasteiger partial charge in [0.25, 0.3) is 0 Å². The third kappa shape index (κ3) is 3.29. The molecular formula is C13H24N2O. The zero-order valence-electron chi connectivity index (χ0n) is 10.5. The van der Waals surface area contributed by atoms with E-state index in [9.17, 15) is 4.79 Å². The van der Waals surface area contributed by atoms with Crippen molar-refractivity contribution in [1.82, 2.24) is 9.80 Å². The van der Waals surface area contributed by atoms with Gasteiger partial charge in [-0.15, -0.1) is 0 Å². The van der Waals surface area contributed by atoms with E-state index in [0.717, 1.165) is 25.8 Å². The highest BCUT2D eigenvalue weighted by atomic mass is 16.1. The summed E-state index contributed by atoms with van der Waals surface area (Å²) >= 11 is 0. The molecule has 0 aromatic carbocycles. The van der Waals surface area contributed by atoms with E-state index in [0.29, 0.717) is 11.8 Å². The van der Waals surface area contributed by atoms with Gasteiger partial charge in [-0.25, -0.2) is 0 Å². The number of hydrogen-bond acceptors (Lipinski definition) is 3. The summed E-state index contributed by atoms with van der Waals surface area (Å²) in [4.78, 5) is 16.3. The molecule has 0 aromatic heterocycles. The summed E-state index contributed by atoms with van der Waals surface area (Å²) in [6.07, 6.45) is 6.64. The van der Waals surface area contributed by atoms with E-state index in [1.807, 2.05) is 0 Å². The van der Waals surface area contributed by atoms with Crippen LogP contribution < -0.4 is 0 Å². The van der Waals surface area contributed by atoms with Crippen molar-refractivity contribution in [3.63, 3.8) is 0 Å². The lowest BCUT2D eigenvalue weighted by molar-refractivity contribution is -0.121. The van der Waals surface area contributed by atoms with Gasteiger partial charge >= 0.3 is 0 Å². The number of ketones is 1. The lowest BCUT2D eigenvalue weighted by atomic mass is 9.93. The van der Waals surface area contributed by atoms with E-state index in [-0.39, 0.29) is 0 Å². The third-order valence-electron chi connectivity index (χ3n) is 4.05. The van der Waals surface area contributed by atoms with Crippen molar-refractivity contribution in [2.24, 2.45) is 0 Å². The van der Waals surface area contributed by atoms with Crippen molar-refractivity contribution in [2.75, 3.05) is 33.2 Å². The summed E-state index contributed by atoms with van der Waals surface area (Å²) in [6, 6.07) is 0.517. The fourth-order valence-electron chi connectivity index (χ4n) is 2.87. The molecule has 1 saturated heterocycles. The van der Waals surface area contributed by atoms with Crippen LogP contribution in [0.2, 0.25) is 0 Å². The fourth-order valence-corrected chi connectivity index (χ4v) is 2.87. The van der Waals surface area contributed by atoms with Crippen molar-refractivity contribution >= 4 is 5.78 Å². The zero-order chi connectivity index (χ0) is 11.4. The van der Waals surface area contributed by atoms with Crippen LogP contribution in [0.5, 0.6) is 0 Å². The van der Waals surface area contributed by atoms with Gasteiger partial charge in [-0.1, -0.05) is 0 Å². The maximum absolute atomic E-state index is 11.4. The van der Waals surface area contributed by atoms with E-state index in [4.69, 9.17) is 0 Å². The second-order valence-electron chi connectivity index (χ2n) is 5.32. The molecule has 0 spiro atoms. The van der Waals surface area contributed by atoms with Gasteiger partial charge in [-0.3, -0.25) is 4.79 Å². The summed E-state index contributed by atoms with van der Waals surface area (Å²) in [5.74, 6) is 0.462. The van der Waals surface area contributed by atoms with Crippen molar-refractivity contribution in [3.05, 3.63) is 0 Å². The molecule has 2 rings (SSSR count).